The van der Waals surface area contributed by atoms with Crippen LogP contribution in [0, 0.1) is 12.8 Å². The lowest BCUT2D eigenvalue weighted by atomic mass is 9.96. The Hall–Kier alpha value is -2.24. The Bertz CT molecular complexity index is 606. The summed E-state index contributed by atoms with van der Waals surface area (Å²) in [6.45, 7) is 10.2. The predicted molar refractivity (Wildman–Crippen MR) is 112 cm³/mol. The molecule has 0 atom stereocenters. The molecule has 1 aliphatic rings. The number of piperidine rings is 1. The maximum atomic E-state index is 12.4. The maximum Gasteiger partial charge on any atom is 0.319 e. The number of unbranched alkanes of at least 4 members (excludes halogenated alkanes) is 1. The number of carbonyl (C=O) groups is 2. The van der Waals surface area contributed by atoms with Crippen LogP contribution < -0.4 is 10.1 Å². The van der Waals surface area contributed by atoms with Crippen LogP contribution in [-0.2, 0) is 4.79 Å². The van der Waals surface area contributed by atoms with E-state index in [0.29, 0.717) is 26.2 Å². The molecule has 0 radical (unpaired) electrons. The van der Waals surface area contributed by atoms with E-state index in [9.17, 15) is 9.59 Å². The first-order valence-corrected chi connectivity index (χ1v) is 10.6. The van der Waals surface area contributed by atoms with Crippen molar-refractivity contribution in [1.29, 1.82) is 0 Å². The zero-order valence-corrected chi connectivity index (χ0v) is 17.6. The molecule has 1 heterocycles. The monoisotopic (exact) mass is 389 g/mol. The Kier molecular flexibility index (Phi) is 9.11. The molecule has 2 rings (SSSR count). The smallest absolute Gasteiger partial charge is 0.319 e. The molecule has 1 saturated heterocycles. The number of likely N-dealkylation sites (tertiary alicyclic amines) is 1. The number of nitrogens with zero attached hydrogens (tertiary/aromatic N) is 2. The molecule has 0 aliphatic carbocycles. The molecule has 0 spiro atoms. The van der Waals surface area contributed by atoms with Crippen molar-refractivity contribution in [1.82, 2.24) is 15.1 Å². The molecule has 0 aromatic heterocycles. The highest BCUT2D eigenvalue weighted by molar-refractivity contribution is 5.79. The number of aryl methyl sites for hydroxylation is 1. The average molecular weight is 390 g/mol. The van der Waals surface area contributed by atoms with Crippen molar-refractivity contribution >= 4 is 11.9 Å². The number of benzene rings is 1. The molecule has 3 amide bonds. The third-order valence-electron chi connectivity index (χ3n) is 5.33. The zero-order valence-electron chi connectivity index (χ0n) is 17.6. The summed E-state index contributed by atoms with van der Waals surface area (Å²) >= 11 is 0. The Morgan fingerprint density at radius 1 is 1.11 bits per heavy atom. The van der Waals surface area contributed by atoms with Gasteiger partial charge in [0.05, 0.1) is 6.61 Å². The molecular weight excluding hydrogens is 354 g/mol. The molecule has 1 N–H and O–H groups in total. The normalized spacial score (nSPS) is 14.6. The maximum absolute atomic E-state index is 12.4. The van der Waals surface area contributed by atoms with Gasteiger partial charge in [0, 0.05) is 38.6 Å². The number of hydrogen-bond acceptors (Lipinski definition) is 3. The minimum atomic E-state index is 0.0181. The third kappa shape index (κ3) is 6.73. The standard InChI is InChI=1S/C22H35N3O3/c1-4-24(5-2)22(27)25-15-12-19(13-16-25)21(26)23-14-6-7-17-28-20-10-8-18(3)9-11-20/h8-11,19H,4-7,12-17H2,1-3H3,(H,23,26). The molecule has 1 aromatic carbocycles. The summed E-state index contributed by atoms with van der Waals surface area (Å²) in [5, 5.41) is 3.04. The van der Waals surface area contributed by atoms with Crippen LogP contribution in [0.2, 0.25) is 0 Å². The molecule has 0 unspecified atom stereocenters. The lowest BCUT2D eigenvalue weighted by Gasteiger charge is -2.34. The van der Waals surface area contributed by atoms with Gasteiger partial charge in [0.15, 0.2) is 0 Å². The van der Waals surface area contributed by atoms with E-state index in [-0.39, 0.29) is 17.9 Å². The SMILES string of the molecule is CCN(CC)C(=O)N1CCC(C(=O)NCCCCOc2ccc(C)cc2)CC1. The van der Waals surface area contributed by atoms with Crippen molar-refractivity contribution in [3.63, 3.8) is 0 Å². The number of amides is 3. The molecule has 1 aliphatic heterocycles. The lowest BCUT2D eigenvalue weighted by molar-refractivity contribution is -0.126. The number of ether oxygens (including phenoxy) is 1. The van der Waals surface area contributed by atoms with E-state index in [0.717, 1.165) is 44.5 Å². The molecule has 0 bridgehead atoms. The minimum Gasteiger partial charge on any atom is -0.494 e. The highest BCUT2D eigenvalue weighted by Crippen LogP contribution is 2.18. The van der Waals surface area contributed by atoms with Crippen molar-refractivity contribution in [2.75, 3.05) is 39.3 Å². The molecular formula is C22H35N3O3. The summed E-state index contributed by atoms with van der Waals surface area (Å²) < 4.78 is 5.70. The predicted octanol–water partition coefficient (Wildman–Crippen LogP) is 3.44. The van der Waals surface area contributed by atoms with Gasteiger partial charge in [-0.15, -0.1) is 0 Å². The van der Waals surface area contributed by atoms with Crippen LogP contribution >= 0.6 is 0 Å². The first-order valence-electron chi connectivity index (χ1n) is 10.6. The highest BCUT2D eigenvalue weighted by atomic mass is 16.5. The van der Waals surface area contributed by atoms with Gasteiger partial charge in [-0.3, -0.25) is 4.79 Å². The Labute approximate surface area is 169 Å². The quantitative estimate of drug-likeness (QED) is 0.658. The first-order chi connectivity index (χ1) is 13.5. The highest BCUT2D eigenvalue weighted by Gasteiger charge is 2.28. The fourth-order valence-electron chi connectivity index (χ4n) is 3.43. The van der Waals surface area contributed by atoms with Gasteiger partial charge in [0.25, 0.3) is 0 Å². The third-order valence-corrected chi connectivity index (χ3v) is 5.33. The molecule has 156 valence electrons. The summed E-state index contributed by atoms with van der Waals surface area (Å²) in [4.78, 5) is 28.4. The van der Waals surface area contributed by atoms with Crippen LogP contribution in [0.15, 0.2) is 24.3 Å². The fourth-order valence-corrected chi connectivity index (χ4v) is 3.43. The molecule has 28 heavy (non-hydrogen) atoms. The Morgan fingerprint density at radius 3 is 2.36 bits per heavy atom. The van der Waals surface area contributed by atoms with Gasteiger partial charge in [0.1, 0.15) is 5.75 Å². The molecule has 1 fully saturated rings. The molecule has 6 nitrogen and oxygen atoms in total. The van der Waals surface area contributed by atoms with Crippen molar-refractivity contribution in [2.45, 2.75) is 46.5 Å². The summed E-state index contributed by atoms with van der Waals surface area (Å²) in [6.07, 6.45) is 3.30. The second-order valence-electron chi connectivity index (χ2n) is 7.38. The molecule has 0 saturated carbocycles. The average Bonchev–Trinajstić information content (AvgIpc) is 2.72. The Balaban J connectivity index is 1.57. The van der Waals surface area contributed by atoms with Crippen LogP contribution in [0.25, 0.3) is 0 Å². The number of hydrogen-bond donors (Lipinski definition) is 1. The van der Waals surface area contributed by atoms with Crippen molar-refractivity contribution < 1.29 is 14.3 Å². The van der Waals surface area contributed by atoms with Crippen molar-refractivity contribution in [2.24, 2.45) is 5.92 Å². The summed E-state index contributed by atoms with van der Waals surface area (Å²) in [6, 6.07) is 8.13. The van der Waals surface area contributed by atoms with Gasteiger partial charge in [-0.05, 0) is 58.6 Å². The van der Waals surface area contributed by atoms with Gasteiger partial charge in [-0.1, -0.05) is 17.7 Å². The molecule has 6 heteroatoms. The molecule has 1 aromatic rings. The van der Waals surface area contributed by atoms with Crippen LogP contribution in [0.3, 0.4) is 0 Å². The van der Waals surface area contributed by atoms with E-state index in [2.05, 4.69) is 12.2 Å². The topological polar surface area (TPSA) is 61.9 Å². The second kappa shape index (κ2) is 11.6. The first kappa shape index (κ1) is 22.1. The number of rotatable bonds is 9. The van der Waals surface area contributed by atoms with E-state index >= 15 is 0 Å². The summed E-state index contributed by atoms with van der Waals surface area (Å²) in [5.41, 5.74) is 1.22. The van der Waals surface area contributed by atoms with E-state index in [1.165, 1.54) is 5.56 Å². The van der Waals surface area contributed by atoms with Gasteiger partial charge in [-0.25, -0.2) is 4.79 Å². The van der Waals surface area contributed by atoms with E-state index in [1.807, 2.05) is 47.9 Å². The fraction of sp³-hybridized carbons (Fsp3) is 0.636. The second-order valence-corrected chi connectivity index (χ2v) is 7.38. The number of urea groups is 1. The van der Waals surface area contributed by atoms with E-state index in [1.54, 1.807) is 0 Å². The Morgan fingerprint density at radius 2 is 1.75 bits per heavy atom. The number of nitrogens with one attached hydrogen (secondary N) is 1. The van der Waals surface area contributed by atoms with Gasteiger partial charge in [0.2, 0.25) is 5.91 Å². The summed E-state index contributed by atoms with van der Waals surface area (Å²) in [5.74, 6) is 1.03. The van der Waals surface area contributed by atoms with Crippen LogP contribution in [0.1, 0.15) is 45.1 Å². The minimum absolute atomic E-state index is 0.0181. The van der Waals surface area contributed by atoms with Crippen molar-refractivity contribution in [3.05, 3.63) is 29.8 Å². The number of carbonyl (C=O) groups excluding carboxylic acids is 2. The van der Waals surface area contributed by atoms with Gasteiger partial charge < -0.3 is 19.9 Å². The van der Waals surface area contributed by atoms with Crippen LogP contribution in [0.5, 0.6) is 5.75 Å². The van der Waals surface area contributed by atoms with Crippen LogP contribution in [-0.4, -0.2) is 61.1 Å². The van der Waals surface area contributed by atoms with Gasteiger partial charge in [-0.2, -0.15) is 0 Å². The van der Waals surface area contributed by atoms with Crippen molar-refractivity contribution in [3.8, 4) is 5.75 Å². The zero-order chi connectivity index (χ0) is 20.4. The lowest BCUT2D eigenvalue weighted by Crippen LogP contribution is -2.48. The largest absolute Gasteiger partial charge is 0.494 e. The van der Waals surface area contributed by atoms with Crippen LogP contribution in [0.4, 0.5) is 4.79 Å². The van der Waals surface area contributed by atoms with E-state index < -0.39 is 0 Å². The van der Waals surface area contributed by atoms with Gasteiger partial charge >= 0.3 is 6.03 Å². The summed E-state index contributed by atoms with van der Waals surface area (Å²) in [7, 11) is 0. The van der Waals surface area contributed by atoms with E-state index in [4.69, 9.17) is 4.74 Å².